The van der Waals surface area contributed by atoms with Gasteiger partial charge in [0.2, 0.25) is 0 Å². The number of aliphatic hydroxyl groups is 1. The van der Waals surface area contributed by atoms with Crippen LogP contribution in [0.3, 0.4) is 0 Å². The molecule has 1 radical (unpaired) electrons. The third-order valence-corrected chi connectivity index (χ3v) is 5.87. The van der Waals surface area contributed by atoms with Gasteiger partial charge < -0.3 is 14.6 Å². The molecule has 1 N–H and O–H groups in total. The second kappa shape index (κ2) is 13.2. The molecular weight excluding hydrogens is 589 g/mol. The first-order valence-corrected chi connectivity index (χ1v) is 10.3. The molecule has 2 aliphatic rings. The molecule has 0 bridgehead atoms. The molecule has 2 aromatic rings. The van der Waals surface area contributed by atoms with Crippen molar-refractivity contribution in [3.63, 3.8) is 0 Å². The first kappa shape index (κ1) is 25.0. The summed E-state index contributed by atoms with van der Waals surface area (Å²) in [5, 5.41) is 11.0. The average Bonchev–Trinajstić information content (AvgIpc) is 2.72. The van der Waals surface area contributed by atoms with Crippen LogP contribution in [-0.4, -0.2) is 31.0 Å². The van der Waals surface area contributed by atoms with Gasteiger partial charge in [0.25, 0.3) is 0 Å². The molecule has 2 aliphatic carbocycles. The Balaban J connectivity index is 0.000000200. The van der Waals surface area contributed by atoms with Crippen LogP contribution in [0.5, 0.6) is 5.75 Å². The minimum Gasteiger partial charge on any atom is -0.491 e. The summed E-state index contributed by atoms with van der Waals surface area (Å²) in [5.74, 6) is 2.28. The molecule has 0 aromatic heterocycles. The molecule has 2 aromatic carbocycles. The molecule has 0 amide bonds. The van der Waals surface area contributed by atoms with Crippen molar-refractivity contribution in [2.45, 2.75) is 57.7 Å². The van der Waals surface area contributed by atoms with Crippen LogP contribution in [0, 0.1) is 55.9 Å². The Morgan fingerprint density at radius 3 is 2.38 bits per heavy atom. The van der Waals surface area contributed by atoms with Crippen LogP contribution in [0.15, 0.2) is 42.5 Å². The summed E-state index contributed by atoms with van der Waals surface area (Å²) in [6.07, 6.45) is 7.79. The van der Waals surface area contributed by atoms with Gasteiger partial charge in [0.05, 0.1) is 12.7 Å². The Hall–Kier alpha value is -0.278. The minimum atomic E-state index is -2.58. The summed E-state index contributed by atoms with van der Waals surface area (Å²) in [5.41, 5.74) is 0. The number of benzene rings is 2. The van der Waals surface area contributed by atoms with Crippen molar-refractivity contribution in [2.75, 3.05) is 13.2 Å². The van der Waals surface area contributed by atoms with Gasteiger partial charge in [-0.1, -0.05) is 56.0 Å². The molecule has 0 aliphatic heterocycles. The van der Waals surface area contributed by atoms with Gasteiger partial charge in [-0.25, -0.2) is 0 Å². The summed E-state index contributed by atoms with van der Waals surface area (Å²) in [6.45, 7) is -2.19. The van der Waals surface area contributed by atoms with Crippen molar-refractivity contribution in [3.8, 4) is 5.75 Å². The van der Waals surface area contributed by atoms with Crippen molar-refractivity contribution in [2.24, 2.45) is 11.8 Å². The summed E-state index contributed by atoms with van der Waals surface area (Å²) in [4.78, 5) is 0. The van der Waals surface area contributed by atoms with Crippen molar-refractivity contribution in [1.29, 1.82) is 0 Å². The molecule has 157 valence electrons. The maximum absolute atomic E-state index is 12.0. The van der Waals surface area contributed by atoms with Crippen LogP contribution < -0.4 is 4.74 Å². The summed E-state index contributed by atoms with van der Waals surface area (Å²) in [6, 6.07) is 14.0. The van der Waals surface area contributed by atoms with Crippen LogP contribution in [-0.2, 0) is 4.74 Å². The van der Waals surface area contributed by atoms with Crippen molar-refractivity contribution >= 4 is 10.8 Å². The third-order valence-electron chi connectivity index (χ3n) is 5.87. The van der Waals surface area contributed by atoms with Crippen LogP contribution in [0.4, 0.5) is 8.78 Å². The van der Waals surface area contributed by atoms with Gasteiger partial charge in [-0.05, 0) is 54.0 Å². The zero-order valence-corrected chi connectivity index (χ0v) is 21.6. The Morgan fingerprint density at radius 2 is 1.66 bits per heavy atom. The van der Waals surface area contributed by atoms with Gasteiger partial charge in [-0.3, -0.25) is 0 Å². The Morgan fingerprint density at radius 1 is 0.931 bits per heavy atom. The number of ether oxygens (including phenoxy) is 2. The van der Waals surface area contributed by atoms with E-state index in [1.54, 1.807) is 0 Å². The number of halogens is 2. The Labute approximate surface area is 207 Å². The molecule has 3 unspecified atom stereocenters. The average molecular weight is 619 g/mol. The third kappa shape index (κ3) is 8.05. The number of hydrogen-bond acceptors (Lipinski definition) is 3. The fourth-order valence-corrected chi connectivity index (χ4v) is 4.52. The van der Waals surface area contributed by atoms with Crippen LogP contribution in [0.2, 0.25) is 0 Å². The zero-order chi connectivity index (χ0) is 19.8. The Kier molecular flexibility index (Phi) is 11.4. The standard InChI is InChI=1S/C12H12O2.C11H18F2O.Ac/c13-7-8-14-12-6-5-10-3-1-2-4-11(10)9-12;12-11(13)14-10-6-5-8-3-1-2-4-9(8)7-10;/h1-6,9,13H,7-8H2;8-11H,1-7H2;. The fourth-order valence-electron chi connectivity index (χ4n) is 4.52. The predicted octanol–water partition coefficient (Wildman–Crippen LogP) is 5.80. The normalized spacial score (nSPS) is 23.5. The number of fused-ring (bicyclic) bond motifs is 2. The van der Waals surface area contributed by atoms with E-state index in [1.165, 1.54) is 31.1 Å². The van der Waals surface area contributed by atoms with Crippen molar-refractivity contribution < 1.29 is 67.4 Å². The molecule has 4 rings (SSSR count). The Bertz CT molecular complexity index is 728. The molecule has 0 heterocycles. The predicted molar refractivity (Wildman–Crippen MR) is 107 cm³/mol. The van der Waals surface area contributed by atoms with Gasteiger partial charge in [0, 0.05) is 44.1 Å². The molecule has 2 saturated carbocycles. The second-order valence-corrected chi connectivity index (χ2v) is 7.72. The number of aliphatic hydroxyl groups excluding tert-OH is 1. The summed E-state index contributed by atoms with van der Waals surface area (Å²) < 4.78 is 34.0. The molecule has 0 saturated heterocycles. The van der Waals surface area contributed by atoms with Crippen molar-refractivity contribution in [3.05, 3.63) is 42.5 Å². The molecule has 3 atom stereocenters. The molecule has 3 nitrogen and oxygen atoms in total. The van der Waals surface area contributed by atoms with E-state index in [0.29, 0.717) is 12.5 Å². The van der Waals surface area contributed by atoms with Gasteiger partial charge >= 0.3 is 6.61 Å². The number of alkyl halides is 2. The minimum absolute atomic E-state index is 0. The van der Waals surface area contributed by atoms with E-state index in [-0.39, 0.29) is 56.8 Å². The summed E-state index contributed by atoms with van der Waals surface area (Å²) >= 11 is 0. The first-order valence-electron chi connectivity index (χ1n) is 10.3. The summed E-state index contributed by atoms with van der Waals surface area (Å²) in [7, 11) is 0. The van der Waals surface area contributed by atoms with E-state index >= 15 is 0 Å². The maximum atomic E-state index is 12.0. The van der Waals surface area contributed by atoms with E-state index in [9.17, 15) is 8.78 Å². The molecule has 6 heteroatoms. The van der Waals surface area contributed by atoms with Gasteiger partial charge in [0.1, 0.15) is 12.4 Å². The van der Waals surface area contributed by atoms with E-state index < -0.39 is 6.61 Å². The SMILES string of the molecule is FC(F)OC1CCC2CCCCC2C1.OCCOc1ccc2ccccc2c1.[Ac]. The van der Waals surface area contributed by atoms with E-state index in [1.807, 2.05) is 36.4 Å². The molecule has 29 heavy (non-hydrogen) atoms. The van der Waals surface area contributed by atoms with Gasteiger partial charge in [0.15, 0.2) is 0 Å². The second-order valence-electron chi connectivity index (χ2n) is 7.72. The van der Waals surface area contributed by atoms with Crippen molar-refractivity contribution in [1.82, 2.24) is 0 Å². The number of hydrogen-bond donors (Lipinski definition) is 1. The van der Waals surface area contributed by atoms with Gasteiger partial charge in [-0.2, -0.15) is 8.78 Å². The smallest absolute Gasteiger partial charge is 0.345 e. The zero-order valence-electron chi connectivity index (χ0n) is 16.8. The molecule has 2 fully saturated rings. The van der Waals surface area contributed by atoms with Crippen LogP contribution in [0.25, 0.3) is 10.8 Å². The maximum Gasteiger partial charge on any atom is 0.345 e. The van der Waals surface area contributed by atoms with E-state index in [4.69, 9.17) is 9.84 Å². The van der Waals surface area contributed by atoms with E-state index in [2.05, 4.69) is 10.8 Å². The number of rotatable bonds is 5. The topological polar surface area (TPSA) is 38.7 Å². The van der Waals surface area contributed by atoms with Gasteiger partial charge in [-0.15, -0.1) is 0 Å². The quantitative estimate of drug-likeness (QED) is 0.461. The largest absolute Gasteiger partial charge is 0.491 e. The van der Waals surface area contributed by atoms with E-state index in [0.717, 1.165) is 36.3 Å². The monoisotopic (exact) mass is 619 g/mol. The molecular formula is C23H30AcF2O3. The first-order chi connectivity index (χ1) is 13.7. The van der Waals surface area contributed by atoms with Crippen LogP contribution in [0.1, 0.15) is 44.9 Å². The molecule has 0 spiro atoms. The van der Waals surface area contributed by atoms with Crippen LogP contribution >= 0.6 is 0 Å². The fraction of sp³-hybridized carbons (Fsp3) is 0.565.